The van der Waals surface area contributed by atoms with Crippen LogP contribution in [0.5, 0.6) is 0 Å². The normalized spacial score (nSPS) is 14.1. The molecule has 1 aromatic heterocycles. The number of hydrogen-bond donors (Lipinski definition) is 0. The molecule has 0 radical (unpaired) electrons. The Hall–Kier alpha value is -0.760. The molecule has 1 atom stereocenters. The maximum Gasteiger partial charge on any atom is 0.137 e. The van der Waals surface area contributed by atoms with E-state index in [2.05, 4.69) is 67.9 Å². The molecule has 1 aromatic carbocycles. The number of rotatable bonds is 3. The molecular formula is C16H21BrO. The molecule has 0 bridgehead atoms. The van der Waals surface area contributed by atoms with Crippen LogP contribution in [-0.4, -0.2) is 4.83 Å². The van der Waals surface area contributed by atoms with E-state index in [4.69, 9.17) is 4.42 Å². The lowest BCUT2D eigenvalue weighted by Gasteiger charge is -2.25. The second-order valence-electron chi connectivity index (χ2n) is 6.08. The Morgan fingerprint density at radius 1 is 1.28 bits per heavy atom. The fourth-order valence-corrected chi connectivity index (χ4v) is 2.32. The quantitative estimate of drug-likeness (QED) is 0.684. The van der Waals surface area contributed by atoms with Crippen LogP contribution in [0, 0.1) is 12.3 Å². The molecule has 1 heterocycles. The Bertz CT molecular complexity index is 534. The van der Waals surface area contributed by atoms with E-state index < -0.39 is 0 Å². The molecule has 2 rings (SSSR count). The Kier molecular flexibility index (Phi) is 3.86. The van der Waals surface area contributed by atoms with Crippen molar-refractivity contribution in [2.45, 2.75) is 45.4 Å². The summed E-state index contributed by atoms with van der Waals surface area (Å²) >= 11 is 3.77. The van der Waals surface area contributed by atoms with Gasteiger partial charge in [0, 0.05) is 16.6 Å². The smallest absolute Gasteiger partial charge is 0.137 e. The van der Waals surface area contributed by atoms with E-state index in [1.807, 2.05) is 0 Å². The SMILES string of the molecule is Cc1cccc2cc(CCC(Br)C(C)(C)C)oc12. The van der Waals surface area contributed by atoms with E-state index >= 15 is 0 Å². The Balaban J connectivity index is 2.11. The molecule has 2 aromatic rings. The van der Waals surface area contributed by atoms with Gasteiger partial charge in [0.25, 0.3) is 0 Å². The first-order chi connectivity index (χ1) is 8.38. The summed E-state index contributed by atoms with van der Waals surface area (Å²) in [6, 6.07) is 8.47. The fraction of sp³-hybridized carbons (Fsp3) is 0.500. The summed E-state index contributed by atoms with van der Waals surface area (Å²) < 4.78 is 5.94. The van der Waals surface area contributed by atoms with E-state index in [1.54, 1.807) is 0 Å². The third kappa shape index (κ3) is 2.97. The third-order valence-electron chi connectivity index (χ3n) is 3.38. The predicted octanol–water partition coefficient (Wildman–Crippen LogP) is 5.48. The van der Waals surface area contributed by atoms with Gasteiger partial charge in [-0.2, -0.15) is 0 Å². The first kappa shape index (κ1) is 13.7. The molecule has 0 spiro atoms. The molecule has 2 heteroatoms. The van der Waals surface area contributed by atoms with Gasteiger partial charge in [0.05, 0.1) is 0 Å². The summed E-state index contributed by atoms with van der Waals surface area (Å²) in [4.78, 5) is 0.513. The summed E-state index contributed by atoms with van der Waals surface area (Å²) in [7, 11) is 0. The Labute approximate surface area is 118 Å². The first-order valence-corrected chi connectivity index (χ1v) is 7.41. The number of aryl methyl sites for hydroxylation is 2. The largest absolute Gasteiger partial charge is 0.461 e. The van der Waals surface area contributed by atoms with Crippen LogP contribution < -0.4 is 0 Å². The van der Waals surface area contributed by atoms with Crippen molar-refractivity contribution in [2.75, 3.05) is 0 Å². The van der Waals surface area contributed by atoms with Gasteiger partial charge in [0.1, 0.15) is 11.3 Å². The molecule has 0 N–H and O–H groups in total. The zero-order valence-electron chi connectivity index (χ0n) is 11.6. The average Bonchev–Trinajstić information content (AvgIpc) is 2.69. The zero-order chi connectivity index (χ0) is 13.3. The van der Waals surface area contributed by atoms with Crippen LogP contribution >= 0.6 is 15.9 Å². The van der Waals surface area contributed by atoms with Crippen molar-refractivity contribution < 1.29 is 4.42 Å². The molecule has 1 nitrogen and oxygen atoms in total. The molecule has 0 aliphatic carbocycles. The highest BCUT2D eigenvalue weighted by Crippen LogP contribution is 2.31. The monoisotopic (exact) mass is 308 g/mol. The van der Waals surface area contributed by atoms with Gasteiger partial charge in [-0.1, -0.05) is 54.9 Å². The number of para-hydroxylation sites is 1. The number of benzene rings is 1. The number of hydrogen-bond acceptors (Lipinski definition) is 1. The molecule has 0 aliphatic heterocycles. The van der Waals surface area contributed by atoms with E-state index in [0.29, 0.717) is 10.2 Å². The number of halogens is 1. The zero-order valence-corrected chi connectivity index (χ0v) is 13.2. The number of fused-ring (bicyclic) bond motifs is 1. The fourth-order valence-electron chi connectivity index (χ4n) is 2.09. The van der Waals surface area contributed by atoms with Gasteiger partial charge in [-0.3, -0.25) is 0 Å². The predicted molar refractivity (Wildman–Crippen MR) is 81.4 cm³/mol. The lowest BCUT2D eigenvalue weighted by Crippen LogP contribution is -2.20. The molecule has 0 amide bonds. The highest BCUT2D eigenvalue weighted by molar-refractivity contribution is 9.09. The van der Waals surface area contributed by atoms with E-state index in [1.165, 1.54) is 10.9 Å². The summed E-state index contributed by atoms with van der Waals surface area (Å²) in [5, 5.41) is 1.21. The van der Waals surface area contributed by atoms with Crippen molar-refractivity contribution >= 4 is 26.9 Å². The first-order valence-electron chi connectivity index (χ1n) is 6.50. The Morgan fingerprint density at radius 3 is 2.61 bits per heavy atom. The second-order valence-corrected chi connectivity index (χ2v) is 7.18. The van der Waals surface area contributed by atoms with E-state index in [-0.39, 0.29) is 0 Å². The van der Waals surface area contributed by atoms with Crippen molar-refractivity contribution in [1.29, 1.82) is 0 Å². The topological polar surface area (TPSA) is 13.1 Å². The van der Waals surface area contributed by atoms with Crippen molar-refractivity contribution in [1.82, 2.24) is 0 Å². The molecule has 18 heavy (non-hydrogen) atoms. The van der Waals surface area contributed by atoms with Gasteiger partial charge in [0.15, 0.2) is 0 Å². The van der Waals surface area contributed by atoms with Gasteiger partial charge in [0.2, 0.25) is 0 Å². The lowest BCUT2D eigenvalue weighted by molar-refractivity contribution is 0.379. The Morgan fingerprint density at radius 2 is 2.00 bits per heavy atom. The number of alkyl halides is 1. The van der Waals surface area contributed by atoms with Gasteiger partial charge >= 0.3 is 0 Å². The van der Waals surface area contributed by atoms with E-state index in [9.17, 15) is 0 Å². The maximum atomic E-state index is 5.94. The molecular weight excluding hydrogens is 288 g/mol. The summed E-state index contributed by atoms with van der Waals surface area (Å²) in [6.07, 6.45) is 2.09. The standard InChI is InChI=1S/C16H21BrO/c1-11-6-5-7-12-10-13(18-15(11)12)8-9-14(17)16(2,3)4/h5-7,10,14H,8-9H2,1-4H3. The van der Waals surface area contributed by atoms with Crippen molar-refractivity contribution in [2.24, 2.45) is 5.41 Å². The highest BCUT2D eigenvalue weighted by Gasteiger charge is 2.21. The van der Waals surface area contributed by atoms with Crippen LogP contribution in [0.15, 0.2) is 28.7 Å². The summed E-state index contributed by atoms with van der Waals surface area (Å²) in [5.41, 5.74) is 2.54. The van der Waals surface area contributed by atoms with Crippen molar-refractivity contribution in [3.63, 3.8) is 0 Å². The van der Waals surface area contributed by atoms with Gasteiger partial charge in [-0.05, 0) is 30.4 Å². The van der Waals surface area contributed by atoms with Crippen LogP contribution in [0.25, 0.3) is 11.0 Å². The van der Waals surface area contributed by atoms with Gasteiger partial charge in [-0.25, -0.2) is 0 Å². The molecule has 0 saturated carbocycles. The average molecular weight is 309 g/mol. The minimum atomic E-state index is 0.294. The van der Waals surface area contributed by atoms with Crippen LogP contribution in [0.4, 0.5) is 0 Å². The summed E-state index contributed by atoms with van der Waals surface area (Å²) in [5.74, 6) is 1.09. The van der Waals surface area contributed by atoms with Crippen LogP contribution in [0.3, 0.4) is 0 Å². The molecule has 98 valence electrons. The molecule has 0 saturated heterocycles. The van der Waals surface area contributed by atoms with Gasteiger partial charge in [-0.15, -0.1) is 0 Å². The van der Waals surface area contributed by atoms with Crippen molar-refractivity contribution in [3.05, 3.63) is 35.6 Å². The van der Waals surface area contributed by atoms with Crippen LogP contribution in [-0.2, 0) is 6.42 Å². The number of furan rings is 1. The van der Waals surface area contributed by atoms with Crippen LogP contribution in [0.1, 0.15) is 38.5 Å². The lowest BCUT2D eigenvalue weighted by atomic mass is 9.89. The highest BCUT2D eigenvalue weighted by atomic mass is 79.9. The minimum Gasteiger partial charge on any atom is -0.461 e. The summed E-state index contributed by atoms with van der Waals surface area (Å²) in [6.45, 7) is 8.87. The van der Waals surface area contributed by atoms with Gasteiger partial charge < -0.3 is 4.42 Å². The second kappa shape index (κ2) is 5.08. The third-order valence-corrected chi connectivity index (χ3v) is 5.21. The minimum absolute atomic E-state index is 0.294. The molecule has 1 unspecified atom stereocenters. The van der Waals surface area contributed by atoms with Crippen molar-refractivity contribution in [3.8, 4) is 0 Å². The molecule has 0 fully saturated rings. The van der Waals surface area contributed by atoms with E-state index in [0.717, 1.165) is 24.2 Å². The maximum absolute atomic E-state index is 5.94. The molecule has 0 aliphatic rings. The van der Waals surface area contributed by atoms with Crippen LogP contribution in [0.2, 0.25) is 0 Å².